The second kappa shape index (κ2) is 6.33. The Bertz CT molecular complexity index is 327. The average molecular weight is 263 g/mol. The lowest BCUT2D eigenvalue weighted by atomic mass is 10.1. The maximum atomic E-state index is 6.07. The monoisotopic (exact) mass is 262 g/mol. The van der Waals surface area contributed by atoms with Gasteiger partial charge in [-0.2, -0.15) is 0 Å². The molecule has 2 rings (SSSR count). The van der Waals surface area contributed by atoms with E-state index in [1.54, 1.807) is 0 Å². The zero-order chi connectivity index (χ0) is 10.1. The van der Waals surface area contributed by atoms with E-state index in [-0.39, 0.29) is 30.9 Å². The highest BCUT2D eigenvalue weighted by atomic mass is 35.5. The second-order valence-electron chi connectivity index (χ2n) is 4.46. The minimum atomic E-state index is 0. The van der Waals surface area contributed by atoms with Gasteiger partial charge < -0.3 is 10.6 Å². The van der Waals surface area contributed by atoms with Gasteiger partial charge >= 0.3 is 0 Å². The zero-order valence-corrected chi connectivity index (χ0v) is 11.4. The van der Waals surface area contributed by atoms with Gasteiger partial charge in [0, 0.05) is 24.8 Å². The molecule has 2 N–H and O–H groups in total. The highest BCUT2D eigenvalue weighted by molar-refractivity contribution is 5.85. The average Bonchev–Trinajstić information content (AvgIpc) is 2.44. The summed E-state index contributed by atoms with van der Waals surface area (Å²) in [4.78, 5) is 2.39. The quantitative estimate of drug-likeness (QED) is 0.888. The number of nitrogens with zero attached hydrogens (tertiary/aromatic N) is 1. The van der Waals surface area contributed by atoms with Crippen molar-refractivity contribution in [2.75, 3.05) is 18.0 Å². The molecule has 1 aliphatic rings. The summed E-state index contributed by atoms with van der Waals surface area (Å²) in [5, 5.41) is 0. The molecular formula is C12H20Cl2N2. The van der Waals surface area contributed by atoms with Crippen molar-refractivity contribution in [1.29, 1.82) is 0 Å². The molecule has 0 fully saturated rings. The number of hydrogen-bond donors (Lipinski definition) is 1. The normalized spacial score (nSPS) is 17.8. The number of rotatable bonds is 2. The topological polar surface area (TPSA) is 29.3 Å². The number of fused-ring (bicyclic) bond motifs is 1. The van der Waals surface area contributed by atoms with Gasteiger partial charge in [-0.15, -0.1) is 24.8 Å². The summed E-state index contributed by atoms with van der Waals surface area (Å²) >= 11 is 0. The van der Waals surface area contributed by atoms with Crippen molar-refractivity contribution < 1.29 is 0 Å². The minimum Gasteiger partial charge on any atom is -0.369 e. The summed E-state index contributed by atoms with van der Waals surface area (Å²) in [5.74, 6) is 0.688. The standard InChI is InChI=1S/C12H18N2.2ClH/c1-9(2)7-14-8-11(13)10-5-3-4-6-12(10)14;;/h3-6,9,11H,7-8,13H2,1-2H3;2*1H. The number of hydrogen-bond acceptors (Lipinski definition) is 2. The molecule has 0 saturated heterocycles. The summed E-state index contributed by atoms with van der Waals surface area (Å²) in [7, 11) is 0. The SMILES string of the molecule is CC(C)CN1CC(N)c2ccccc21.Cl.Cl. The van der Waals surface area contributed by atoms with Crippen LogP contribution in [0, 0.1) is 5.92 Å². The number of nitrogens with two attached hydrogens (primary N) is 1. The van der Waals surface area contributed by atoms with Crippen LogP contribution in [0.15, 0.2) is 24.3 Å². The molecule has 0 amide bonds. The van der Waals surface area contributed by atoms with E-state index in [1.807, 2.05) is 0 Å². The fourth-order valence-corrected chi connectivity index (χ4v) is 2.14. The van der Waals surface area contributed by atoms with E-state index >= 15 is 0 Å². The van der Waals surface area contributed by atoms with Gasteiger partial charge in [-0.25, -0.2) is 0 Å². The van der Waals surface area contributed by atoms with Gasteiger partial charge in [0.25, 0.3) is 0 Å². The molecule has 0 aliphatic carbocycles. The van der Waals surface area contributed by atoms with Crippen molar-refractivity contribution in [2.24, 2.45) is 11.7 Å². The van der Waals surface area contributed by atoms with Crippen LogP contribution in [0.2, 0.25) is 0 Å². The van der Waals surface area contributed by atoms with Crippen LogP contribution < -0.4 is 10.6 Å². The Kier molecular flexibility index (Phi) is 6.16. The third-order valence-corrected chi connectivity index (χ3v) is 2.68. The predicted molar refractivity (Wildman–Crippen MR) is 74.9 cm³/mol. The van der Waals surface area contributed by atoms with E-state index in [4.69, 9.17) is 5.73 Å². The molecule has 1 atom stereocenters. The highest BCUT2D eigenvalue weighted by Crippen LogP contribution is 2.33. The fourth-order valence-electron chi connectivity index (χ4n) is 2.14. The molecule has 0 aromatic heterocycles. The highest BCUT2D eigenvalue weighted by Gasteiger charge is 2.25. The first-order valence-electron chi connectivity index (χ1n) is 5.28. The Labute approximate surface area is 110 Å². The summed E-state index contributed by atoms with van der Waals surface area (Å²) < 4.78 is 0. The van der Waals surface area contributed by atoms with Crippen LogP contribution in [0.4, 0.5) is 5.69 Å². The van der Waals surface area contributed by atoms with Gasteiger partial charge in [0.05, 0.1) is 0 Å². The molecule has 92 valence electrons. The van der Waals surface area contributed by atoms with Gasteiger partial charge in [-0.05, 0) is 17.5 Å². The first kappa shape index (κ1) is 15.6. The van der Waals surface area contributed by atoms with Crippen LogP contribution in [0.5, 0.6) is 0 Å². The van der Waals surface area contributed by atoms with Gasteiger partial charge in [-0.3, -0.25) is 0 Å². The Morgan fingerprint density at radius 2 is 1.94 bits per heavy atom. The predicted octanol–water partition coefficient (Wildman–Crippen LogP) is 3.01. The minimum absolute atomic E-state index is 0. The Hall–Kier alpha value is -0.440. The van der Waals surface area contributed by atoms with E-state index in [2.05, 4.69) is 43.0 Å². The number of para-hydroxylation sites is 1. The smallest absolute Gasteiger partial charge is 0.0493 e. The molecular weight excluding hydrogens is 243 g/mol. The first-order valence-corrected chi connectivity index (χ1v) is 5.28. The molecule has 16 heavy (non-hydrogen) atoms. The van der Waals surface area contributed by atoms with Gasteiger partial charge in [0.15, 0.2) is 0 Å². The maximum Gasteiger partial charge on any atom is 0.0493 e. The maximum absolute atomic E-state index is 6.07. The summed E-state index contributed by atoms with van der Waals surface area (Å²) in [6.07, 6.45) is 0. The third kappa shape index (κ3) is 3.03. The van der Waals surface area contributed by atoms with Crippen molar-refractivity contribution >= 4 is 30.5 Å². The van der Waals surface area contributed by atoms with E-state index < -0.39 is 0 Å². The van der Waals surface area contributed by atoms with E-state index in [9.17, 15) is 0 Å². The van der Waals surface area contributed by atoms with E-state index in [0.717, 1.165) is 13.1 Å². The molecule has 0 saturated carbocycles. The van der Waals surface area contributed by atoms with E-state index in [0.29, 0.717) is 5.92 Å². The molecule has 1 aromatic carbocycles. The van der Waals surface area contributed by atoms with Crippen molar-refractivity contribution in [3.63, 3.8) is 0 Å². The lowest BCUT2D eigenvalue weighted by Crippen LogP contribution is -2.28. The van der Waals surface area contributed by atoms with Crippen LogP contribution in [-0.2, 0) is 0 Å². The molecule has 2 nitrogen and oxygen atoms in total. The Morgan fingerprint density at radius 3 is 2.56 bits per heavy atom. The first-order chi connectivity index (χ1) is 6.68. The summed E-state index contributed by atoms with van der Waals surface area (Å²) in [6, 6.07) is 8.66. The van der Waals surface area contributed by atoms with Crippen LogP contribution in [0.3, 0.4) is 0 Å². The molecule has 0 spiro atoms. The summed E-state index contributed by atoms with van der Waals surface area (Å²) in [6.45, 7) is 6.56. The zero-order valence-electron chi connectivity index (χ0n) is 9.72. The van der Waals surface area contributed by atoms with Gasteiger partial charge in [0.2, 0.25) is 0 Å². The molecule has 1 aliphatic heterocycles. The lowest BCUT2D eigenvalue weighted by Gasteiger charge is -2.21. The second-order valence-corrected chi connectivity index (χ2v) is 4.46. The molecule has 1 aromatic rings. The largest absolute Gasteiger partial charge is 0.369 e. The van der Waals surface area contributed by atoms with Crippen molar-refractivity contribution in [3.05, 3.63) is 29.8 Å². The molecule has 0 bridgehead atoms. The lowest BCUT2D eigenvalue weighted by molar-refractivity contribution is 0.603. The number of halogens is 2. The fraction of sp³-hybridized carbons (Fsp3) is 0.500. The van der Waals surface area contributed by atoms with Crippen LogP contribution in [0.25, 0.3) is 0 Å². The van der Waals surface area contributed by atoms with Crippen molar-refractivity contribution in [3.8, 4) is 0 Å². The third-order valence-electron chi connectivity index (χ3n) is 2.68. The van der Waals surface area contributed by atoms with Crippen LogP contribution in [-0.4, -0.2) is 13.1 Å². The Morgan fingerprint density at radius 1 is 1.31 bits per heavy atom. The number of anilines is 1. The number of benzene rings is 1. The van der Waals surface area contributed by atoms with E-state index in [1.165, 1.54) is 11.3 Å². The van der Waals surface area contributed by atoms with Crippen LogP contribution in [0.1, 0.15) is 25.5 Å². The molecule has 1 unspecified atom stereocenters. The Balaban J connectivity index is 0.00000112. The van der Waals surface area contributed by atoms with Gasteiger partial charge in [0.1, 0.15) is 0 Å². The van der Waals surface area contributed by atoms with Crippen molar-refractivity contribution in [1.82, 2.24) is 0 Å². The van der Waals surface area contributed by atoms with Crippen molar-refractivity contribution in [2.45, 2.75) is 19.9 Å². The molecule has 1 heterocycles. The van der Waals surface area contributed by atoms with Gasteiger partial charge in [-0.1, -0.05) is 32.0 Å². The van der Waals surface area contributed by atoms with Crippen LogP contribution >= 0.6 is 24.8 Å². The molecule has 4 heteroatoms. The molecule has 0 radical (unpaired) electrons. The summed E-state index contributed by atoms with van der Waals surface area (Å²) in [5.41, 5.74) is 8.70.